The lowest BCUT2D eigenvalue weighted by molar-refractivity contribution is -0.137. The minimum Gasteiger partial charge on any atom is -0.368 e. The fourth-order valence-electron chi connectivity index (χ4n) is 1.84. The van der Waals surface area contributed by atoms with E-state index in [1.165, 1.54) is 12.3 Å². The van der Waals surface area contributed by atoms with Crippen LogP contribution < -0.4 is 16.0 Å². The van der Waals surface area contributed by atoms with Gasteiger partial charge in [0.25, 0.3) is 0 Å². The number of aliphatic imine (C=N–C) groups is 1. The van der Waals surface area contributed by atoms with Crippen molar-refractivity contribution in [3.63, 3.8) is 0 Å². The van der Waals surface area contributed by atoms with Gasteiger partial charge in [-0.15, -0.1) is 24.0 Å². The summed E-state index contributed by atoms with van der Waals surface area (Å²) in [7, 11) is 1.65. The van der Waals surface area contributed by atoms with Crippen LogP contribution in [-0.2, 0) is 6.18 Å². The Hall–Kier alpha value is -1.26. The van der Waals surface area contributed by atoms with Gasteiger partial charge in [-0.05, 0) is 24.5 Å². The predicted molar refractivity (Wildman–Crippen MR) is 102 cm³/mol. The minimum atomic E-state index is -4.42. The molecule has 0 atom stereocenters. The number of halogens is 4. The molecule has 0 bridgehead atoms. The minimum absolute atomic E-state index is 0. The van der Waals surface area contributed by atoms with E-state index in [0.29, 0.717) is 25.0 Å². The third-order valence-corrected chi connectivity index (χ3v) is 3.06. The molecular formula is C15H25F3IN5. The van der Waals surface area contributed by atoms with Gasteiger partial charge in [-0.2, -0.15) is 13.2 Å². The SMILES string of the molecule is CN=C(NCCNc1ncccc1C(F)(F)F)NCCC(C)C.I. The molecule has 138 valence electrons. The number of anilines is 1. The lowest BCUT2D eigenvalue weighted by Crippen LogP contribution is -2.40. The summed E-state index contributed by atoms with van der Waals surface area (Å²) < 4.78 is 38.5. The number of alkyl halides is 3. The van der Waals surface area contributed by atoms with E-state index < -0.39 is 11.7 Å². The van der Waals surface area contributed by atoms with Crippen LogP contribution in [0.2, 0.25) is 0 Å². The van der Waals surface area contributed by atoms with Gasteiger partial charge in [-0.3, -0.25) is 4.99 Å². The highest BCUT2D eigenvalue weighted by Crippen LogP contribution is 2.33. The van der Waals surface area contributed by atoms with Crippen molar-refractivity contribution in [1.29, 1.82) is 0 Å². The molecule has 0 aliphatic carbocycles. The van der Waals surface area contributed by atoms with Gasteiger partial charge in [-0.25, -0.2) is 4.98 Å². The van der Waals surface area contributed by atoms with Gasteiger partial charge >= 0.3 is 6.18 Å². The second-order valence-corrected chi connectivity index (χ2v) is 5.43. The fraction of sp³-hybridized carbons (Fsp3) is 0.600. The normalized spacial score (nSPS) is 11.9. The van der Waals surface area contributed by atoms with Crippen molar-refractivity contribution in [3.05, 3.63) is 23.9 Å². The van der Waals surface area contributed by atoms with E-state index in [9.17, 15) is 13.2 Å². The number of hydrogen-bond donors (Lipinski definition) is 3. The third kappa shape index (κ3) is 8.55. The number of hydrogen-bond acceptors (Lipinski definition) is 3. The number of pyridine rings is 1. The van der Waals surface area contributed by atoms with Crippen LogP contribution in [0.25, 0.3) is 0 Å². The van der Waals surface area contributed by atoms with Crippen molar-refractivity contribution in [1.82, 2.24) is 15.6 Å². The lowest BCUT2D eigenvalue weighted by atomic mass is 10.1. The van der Waals surface area contributed by atoms with Crippen LogP contribution in [-0.4, -0.2) is 37.6 Å². The molecule has 24 heavy (non-hydrogen) atoms. The highest BCUT2D eigenvalue weighted by molar-refractivity contribution is 14.0. The molecule has 0 saturated carbocycles. The second-order valence-electron chi connectivity index (χ2n) is 5.43. The molecule has 0 spiro atoms. The zero-order valence-corrected chi connectivity index (χ0v) is 16.4. The predicted octanol–water partition coefficient (Wildman–Crippen LogP) is 3.34. The molecule has 0 aliphatic rings. The molecule has 0 fully saturated rings. The molecule has 0 radical (unpaired) electrons. The quantitative estimate of drug-likeness (QED) is 0.254. The van der Waals surface area contributed by atoms with Gasteiger partial charge in [0.1, 0.15) is 5.82 Å². The van der Waals surface area contributed by atoms with Crippen LogP contribution in [0.1, 0.15) is 25.8 Å². The number of rotatable bonds is 7. The van der Waals surface area contributed by atoms with Crippen molar-refractivity contribution >= 4 is 35.8 Å². The molecule has 0 aromatic carbocycles. The number of aromatic nitrogens is 1. The average Bonchev–Trinajstić information content (AvgIpc) is 2.48. The summed E-state index contributed by atoms with van der Waals surface area (Å²) >= 11 is 0. The van der Waals surface area contributed by atoms with E-state index in [1.807, 2.05) is 0 Å². The van der Waals surface area contributed by atoms with Crippen LogP contribution in [0.3, 0.4) is 0 Å². The Labute approximate surface area is 157 Å². The van der Waals surface area contributed by atoms with Crippen LogP contribution in [0.5, 0.6) is 0 Å². The fourth-order valence-corrected chi connectivity index (χ4v) is 1.84. The summed E-state index contributed by atoms with van der Waals surface area (Å²) in [6.07, 6.45) is -2.07. The Morgan fingerprint density at radius 3 is 2.46 bits per heavy atom. The second kappa shape index (κ2) is 11.3. The molecule has 1 aromatic heterocycles. The van der Waals surface area contributed by atoms with Crippen LogP contribution >= 0.6 is 24.0 Å². The summed E-state index contributed by atoms with van der Waals surface area (Å²) in [5.41, 5.74) is -0.764. The van der Waals surface area contributed by atoms with E-state index in [2.05, 4.69) is 39.8 Å². The summed E-state index contributed by atoms with van der Waals surface area (Å²) in [6, 6.07) is 2.28. The Morgan fingerprint density at radius 2 is 1.88 bits per heavy atom. The number of guanidine groups is 1. The maximum atomic E-state index is 12.8. The van der Waals surface area contributed by atoms with Gasteiger partial charge in [0.05, 0.1) is 5.56 Å². The number of nitrogens with zero attached hydrogens (tertiary/aromatic N) is 2. The van der Waals surface area contributed by atoms with Crippen LogP contribution in [0.15, 0.2) is 23.3 Å². The van der Waals surface area contributed by atoms with Crippen LogP contribution in [0.4, 0.5) is 19.0 Å². The van der Waals surface area contributed by atoms with Crippen molar-refractivity contribution in [2.45, 2.75) is 26.4 Å². The van der Waals surface area contributed by atoms with Crippen LogP contribution in [0, 0.1) is 5.92 Å². The zero-order chi connectivity index (χ0) is 17.3. The largest absolute Gasteiger partial charge is 0.419 e. The van der Waals surface area contributed by atoms with Gasteiger partial charge < -0.3 is 16.0 Å². The third-order valence-electron chi connectivity index (χ3n) is 3.06. The molecule has 3 N–H and O–H groups in total. The standard InChI is InChI=1S/C15H24F3N5.HI/c1-11(2)6-8-22-14(19-3)23-10-9-21-13-12(15(16,17)18)5-4-7-20-13;/h4-5,7,11H,6,8-10H2,1-3H3,(H,20,21)(H2,19,22,23);1H. The molecule has 0 unspecified atom stereocenters. The molecule has 0 aliphatic heterocycles. The van der Waals surface area contributed by atoms with Gasteiger partial charge in [0.15, 0.2) is 5.96 Å². The summed E-state index contributed by atoms with van der Waals surface area (Å²) in [6.45, 7) is 5.78. The smallest absolute Gasteiger partial charge is 0.368 e. The maximum Gasteiger partial charge on any atom is 0.419 e. The molecule has 0 saturated heterocycles. The Balaban J connectivity index is 0.00000529. The first-order valence-electron chi connectivity index (χ1n) is 7.55. The molecule has 9 heteroatoms. The molecule has 1 rings (SSSR count). The van der Waals surface area contributed by atoms with Gasteiger partial charge in [0, 0.05) is 32.9 Å². The molecule has 5 nitrogen and oxygen atoms in total. The lowest BCUT2D eigenvalue weighted by Gasteiger charge is -2.15. The van der Waals surface area contributed by atoms with Gasteiger partial charge in [-0.1, -0.05) is 13.8 Å². The van der Waals surface area contributed by atoms with Crippen molar-refractivity contribution in [2.75, 3.05) is 32.0 Å². The Morgan fingerprint density at radius 1 is 1.21 bits per heavy atom. The summed E-state index contributed by atoms with van der Waals surface area (Å²) in [4.78, 5) is 7.80. The zero-order valence-electron chi connectivity index (χ0n) is 14.1. The first-order chi connectivity index (χ1) is 10.8. The number of nitrogens with one attached hydrogen (secondary N) is 3. The molecule has 1 aromatic rings. The first-order valence-corrected chi connectivity index (χ1v) is 7.55. The average molecular weight is 459 g/mol. The molecule has 0 amide bonds. The summed E-state index contributed by atoms with van der Waals surface area (Å²) in [5.74, 6) is 1.06. The molecular weight excluding hydrogens is 434 g/mol. The van der Waals surface area contributed by atoms with E-state index >= 15 is 0 Å². The van der Waals surface area contributed by atoms with E-state index in [0.717, 1.165) is 19.0 Å². The Bertz CT molecular complexity index is 506. The topological polar surface area (TPSA) is 61.3 Å². The van der Waals surface area contributed by atoms with Gasteiger partial charge in [0.2, 0.25) is 0 Å². The van der Waals surface area contributed by atoms with Crippen molar-refractivity contribution in [2.24, 2.45) is 10.9 Å². The molecule has 1 heterocycles. The Kier molecular flexibility index (Phi) is 10.7. The maximum absolute atomic E-state index is 12.8. The highest BCUT2D eigenvalue weighted by Gasteiger charge is 2.33. The highest BCUT2D eigenvalue weighted by atomic mass is 127. The van der Waals surface area contributed by atoms with E-state index in [-0.39, 0.29) is 29.8 Å². The first kappa shape index (κ1) is 22.7. The van der Waals surface area contributed by atoms with Crippen molar-refractivity contribution in [3.8, 4) is 0 Å². The summed E-state index contributed by atoms with van der Waals surface area (Å²) in [5, 5.41) is 8.89. The van der Waals surface area contributed by atoms with E-state index in [1.54, 1.807) is 7.05 Å². The van der Waals surface area contributed by atoms with Crippen molar-refractivity contribution < 1.29 is 13.2 Å². The monoisotopic (exact) mass is 459 g/mol. The van der Waals surface area contributed by atoms with E-state index in [4.69, 9.17) is 0 Å².